The number of nitrogens with one attached hydrogen (secondary N) is 1. The van der Waals surface area contributed by atoms with Crippen molar-refractivity contribution in [3.8, 4) is 0 Å². The van der Waals surface area contributed by atoms with Gasteiger partial charge in [0.1, 0.15) is 5.76 Å². The molecule has 0 bridgehead atoms. The van der Waals surface area contributed by atoms with Gasteiger partial charge in [-0.15, -0.1) is 11.8 Å². The molecule has 0 aliphatic heterocycles. The minimum Gasteiger partial charge on any atom is -0.467 e. The summed E-state index contributed by atoms with van der Waals surface area (Å²) in [5, 5.41) is 2.63. The van der Waals surface area contributed by atoms with Gasteiger partial charge < -0.3 is 15.5 Å². The number of rotatable bonds is 5. The molecule has 0 saturated carbocycles. The summed E-state index contributed by atoms with van der Waals surface area (Å²) in [5.74, 6) is 0.706. The van der Waals surface area contributed by atoms with E-state index in [0.717, 1.165) is 21.9 Å². The van der Waals surface area contributed by atoms with Gasteiger partial charge in [0.2, 0.25) is 5.91 Å². The van der Waals surface area contributed by atoms with Crippen molar-refractivity contribution in [3.63, 3.8) is 0 Å². The van der Waals surface area contributed by atoms with E-state index in [0.29, 0.717) is 6.54 Å². The third-order valence-corrected chi connectivity index (χ3v) is 4.15. The molecule has 5 heteroatoms. The SMILES string of the molecule is Cc1cccc(SC(C)C(=O)NCc2ccco2)c1N. The number of furan rings is 1. The second kappa shape index (κ2) is 6.52. The molecule has 0 spiro atoms. The molecule has 20 heavy (non-hydrogen) atoms. The first-order valence-electron chi connectivity index (χ1n) is 6.39. The number of aryl methyl sites for hydroxylation is 1. The quantitative estimate of drug-likeness (QED) is 0.656. The number of amides is 1. The van der Waals surface area contributed by atoms with Crippen molar-refractivity contribution in [3.05, 3.63) is 47.9 Å². The molecule has 0 fully saturated rings. The van der Waals surface area contributed by atoms with Crippen LogP contribution in [0.3, 0.4) is 0 Å². The number of hydrogen-bond acceptors (Lipinski definition) is 4. The number of nitrogens with two attached hydrogens (primary N) is 1. The summed E-state index contributed by atoms with van der Waals surface area (Å²) >= 11 is 1.46. The highest BCUT2D eigenvalue weighted by Crippen LogP contribution is 2.30. The van der Waals surface area contributed by atoms with Gasteiger partial charge in [0.05, 0.1) is 18.1 Å². The van der Waals surface area contributed by atoms with E-state index in [1.165, 1.54) is 11.8 Å². The average molecular weight is 290 g/mol. The maximum atomic E-state index is 12.0. The molecule has 2 aromatic rings. The van der Waals surface area contributed by atoms with Crippen molar-refractivity contribution >= 4 is 23.4 Å². The molecule has 1 aromatic carbocycles. The maximum absolute atomic E-state index is 12.0. The Kier molecular flexibility index (Phi) is 4.74. The number of carbonyl (C=O) groups is 1. The Morgan fingerprint density at radius 1 is 1.40 bits per heavy atom. The Morgan fingerprint density at radius 2 is 2.20 bits per heavy atom. The van der Waals surface area contributed by atoms with Gasteiger partial charge in [-0.3, -0.25) is 4.79 Å². The zero-order valence-electron chi connectivity index (χ0n) is 11.6. The molecule has 3 N–H and O–H groups in total. The van der Waals surface area contributed by atoms with Crippen LogP contribution in [0.2, 0.25) is 0 Å². The first-order valence-corrected chi connectivity index (χ1v) is 7.27. The lowest BCUT2D eigenvalue weighted by atomic mass is 10.2. The number of carbonyl (C=O) groups excluding carboxylic acids is 1. The van der Waals surface area contributed by atoms with E-state index < -0.39 is 0 Å². The van der Waals surface area contributed by atoms with Crippen LogP contribution in [0.4, 0.5) is 5.69 Å². The summed E-state index contributed by atoms with van der Waals surface area (Å²) < 4.78 is 5.18. The maximum Gasteiger partial charge on any atom is 0.233 e. The van der Waals surface area contributed by atoms with Gasteiger partial charge in [0, 0.05) is 10.6 Å². The molecule has 0 aliphatic rings. The summed E-state index contributed by atoms with van der Waals surface area (Å²) in [7, 11) is 0. The van der Waals surface area contributed by atoms with Crippen molar-refractivity contribution < 1.29 is 9.21 Å². The van der Waals surface area contributed by atoms with Gasteiger partial charge >= 0.3 is 0 Å². The van der Waals surface area contributed by atoms with Gasteiger partial charge in [-0.1, -0.05) is 12.1 Å². The molecule has 106 valence electrons. The Labute approximate surface area is 122 Å². The first kappa shape index (κ1) is 14.5. The zero-order chi connectivity index (χ0) is 14.5. The number of nitrogen functional groups attached to an aromatic ring is 1. The van der Waals surface area contributed by atoms with E-state index >= 15 is 0 Å². The van der Waals surface area contributed by atoms with Crippen LogP contribution in [-0.2, 0) is 11.3 Å². The van der Waals surface area contributed by atoms with E-state index in [1.54, 1.807) is 12.3 Å². The normalized spacial score (nSPS) is 12.1. The third kappa shape index (κ3) is 3.57. The number of anilines is 1. The topological polar surface area (TPSA) is 68.3 Å². The molecular weight excluding hydrogens is 272 g/mol. The van der Waals surface area contributed by atoms with Gasteiger partial charge in [0.15, 0.2) is 0 Å². The van der Waals surface area contributed by atoms with Crippen LogP contribution in [-0.4, -0.2) is 11.2 Å². The summed E-state index contributed by atoms with van der Waals surface area (Å²) in [5.41, 5.74) is 7.78. The highest BCUT2D eigenvalue weighted by molar-refractivity contribution is 8.00. The fourth-order valence-corrected chi connectivity index (χ4v) is 2.75. The summed E-state index contributed by atoms with van der Waals surface area (Å²) in [6, 6.07) is 9.47. The van der Waals surface area contributed by atoms with E-state index in [9.17, 15) is 4.79 Å². The van der Waals surface area contributed by atoms with Crippen LogP contribution in [0, 0.1) is 6.92 Å². The van der Waals surface area contributed by atoms with Crippen LogP contribution in [0.1, 0.15) is 18.2 Å². The van der Waals surface area contributed by atoms with Crippen molar-refractivity contribution in [2.45, 2.75) is 30.5 Å². The highest BCUT2D eigenvalue weighted by atomic mass is 32.2. The Morgan fingerprint density at radius 3 is 2.90 bits per heavy atom. The monoisotopic (exact) mass is 290 g/mol. The minimum absolute atomic E-state index is 0.0349. The zero-order valence-corrected chi connectivity index (χ0v) is 12.4. The van der Waals surface area contributed by atoms with Gasteiger partial charge in [-0.05, 0) is 37.6 Å². The van der Waals surface area contributed by atoms with E-state index in [1.807, 2.05) is 38.1 Å². The van der Waals surface area contributed by atoms with Crippen molar-refractivity contribution in [2.75, 3.05) is 5.73 Å². The molecule has 0 aliphatic carbocycles. The number of para-hydroxylation sites is 1. The van der Waals surface area contributed by atoms with Gasteiger partial charge in [-0.2, -0.15) is 0 Å². The lowest BCUT2D eigenvalue weighted by molar-refractivity contribution is -0.120. The van der Waals surface area contributed by atoms with Crippen molar-refractivity contribution in [2.24, 2.45) is 0 Å². The number of thioether (sulfide) groups is 1. The molecule has 2 rings (SSSR count). The average Bonchev–Trinajstić information content (AvgIpc) is 2.94. The summed E-state index contributed by atoms with van der Waals surface area (Å²) in [6.45, 7) is 4.23. The Hall–Kier alpha value is -1.88. The molecule has 1 atom stereocenters. The van der Waals surface area contributed by atoms with E-state index in [-0.39, 0.29) is 11.2 Å². The predicted octanol–water partition coefficient (Wildman–Crippen LogP) is 2.97. The van der Waals surface area contributed by atoms with Crippen molar-refractivity contribution in [1.29, 1.82) is 0 Å². The molecule has 0 radical (unpaired) electrons. The lowest BCUT2D eigenvalue weighted by Gasteiger charge is -2.13. The fraction of sp³-hybridized carbons (Fsp3) is 0.267. The predicted molar refractivity (Wildman–Crippen MR) is 81.5 cm³/mol. The van der Waals surface area contributed by atoms with Gasteiger partial charge in [-0.25, -0.2) is 0 Å². The second-order valence-electron chi connectivity index (χ2n) is 4.54. The van der Waals surface area contributed by atoms with Crippen LogP contribution in [0.25, 0.3) is 0 Å². The number of hydrogen-bond donors (Lipinski definition) is 2. The third-order valence-electron chi connectivity index (χ3n) is 2.97. The van der Waals surface area contributed by atoms with E-state index in [4.69, 9.17) is 10.2 Å². The first-order chi connectivity index (χ1) is 9.58. The minimum atomic E-state index is -0.214. The summed E-state index contributed by atoms with van der Waals surface area (Å²) in [4.78, 5) is 13.0. The van der Waals surface area contributed by atoms with Crippen molar-refractivity contribution in [1.82, 2.24) is 5.32 Å². The van der Waals surface area contributed by atoms with E-state index in [2.05, 4.69) is 5.32 Å². The van der Waals surface area contributed by atoms with Gasteiger partial charge in [0.25, 0.3) is 0 Å². The smallest absolute Gasteiger partial charge is 0.233 e. The lowest BCUT2D eigenvalue weighted by Crippen LogP contribution is -2.30. The highest BCUT2D eigenvalue weighted by Gasteiger charge is 2.16. The largest absolute Gasteiger partial charge is 0.467 e. The molecule has 1 unspecified atom stereocenters. The Balaban J connectivity index is 1.92. The fourth-order valence-electron chi connectivity index (χ4n) is 1.73. The van der Waals surface area contributed by atoms with Crippen LogP contribution in [0.5, 0.6) is 0 Å². The summed E-state index contributed by atoms with van der Waals surface area (Å²) in [6.07, 6.45) is 1.59. The molecule has 1 aromatic heterocycles. The molecule has 1 amide bonds. The van der Waals surface area contributed by atoms with Crippen LogP contribution in [0.15, 0.2) is 45.9 Å². The standard InChI is InChI=1S/C15H18N2O2S/c1-10-5-3-7-13(14(10)16)20-11(2)15(18)17-9-12-6-4-8-19-12/h3-8,11H,9,16H2,1-2H3,(H,17,18). The second-order valence-corrected chi connectivity index (χ2v) is 5.93. The molecule has 0 saturated heterocycles. The molecular formula is C15H18N2O2S. The Bertz CT molecular complexity index is 582. The van der Waals surface area contributed by atoms with Crippen LogP contribution >= 0.6 is 11.8 Å². The van der Waals surface area contributed by atoms with Crippen LogP contribution < -0.4 is 11.1 Å². The number of benzene rings is 1. The molecule has 4 nitrogen and oxygen atoms in total. The molecule has 1 heterocycles.